The lowest BCUT2D eigenvalue weighted by Gasteiger charge is -2.26. The van der Waals surface area contributed by atoms with Crippen LogP contribution in [0.4, 0.5) is 20.6 Å². The topological polar surface area (TPSA) is 128 Å². The van der Waals surface area contributed by atoms with E-state index in [1.165, 1.54) is 31.4 Å². The highest BCUT2D eigenvalue weighted by atomic mass is 19.1. The number of nitrogens with one attached hydrogen (secondary N) is 2. The second-order valence-electron chi connectivity index (χ2n) is 10.0. The maximum absolute atomic E-state index is 13.8. The Bertz CT molecular complexity index is 1460. The largest absolute Gasteiger partial charge is 0.481 e. The molecule has 3 N–H and O–H groups in total. The Morgan fingerprint density at radius 3 is 2.36 bits per heavy atom. The fourth-order valence-electron chi connectivity index (χ4n) is 4.81. The number of carbonyl (C=O) groups is 4. The van der Waals surface area contributed by atoms with Crippen molar-refractivity contribution in [2.24, 2.45) is 0 Å². The van der Waals surface area contributed by atoms with Gasteiger partial charge in [0, 0.05) is 37.3 Å². The van der Waals surface area contributed by atoms with E-state index in [9.17, 15) is 28.7 Å². The van der Waals surface area contributed by atoms with E-state index >= 15 is 0 Å². The molecule has 10 nitrogen and oxygen atoms in total. The molecule has 0 spiro atoms. The number of nitrogens with zero attached hydrogens (tertiary/aromatic N) is 2. The van der Waals surface area contributed by atoms with Gasteiger partial charge in [-0.3, -0.25) is 14.4 Å². The first-order valence-electron chi connectivity index (χ1n) is 13.5. The van der Waals surface area contributed by atoms with Crippen LogP contribution in [-0.4, -0.2) is 67.2 Å². The van der Waals surface area contributed by atoms with Gasteiger partial charge in [0.2, 0.25) is 0 Å². The van der Waals surface area contributed by atoms with E-state index in [1.807, 2.05) is 24.0 Å². The number of anilines is 2. The van der Waals surface area contributed by atoms with E-state index in [1.54, 1.807) is 29.2 Å². The lowest BCUT2D eigenvalue weighted by atomic mass is 10.0. The van der Waals surface area contributed by atoms with Crippen molar-refractivity contribution in [1.29, 1.82) is 0 Å². The zero-order valence-corrected chi connectivity index (χ0v) is 23.4. The molecule has 1 heterocycles. The first-order chi connectivity index (χ1) is 20.1. The summed E-state index contributed by atoms with van der Waals surface area (Å²) in [4.78, 5) is 53.7. The number of carboxylic acid groups (broad SMARTS) is 1. The third-order valence-corrected chi connectivity index (χ3v) is 7.03. The van der Waals surface area contributed by atoms with Gasteiger partial charge in [-0.15, -0.1) is 0 Å². The minimum absolute atomic E-state index is 0.101. The van der Waals surface area contributed by atoms with E-state index in [-0.39, 0.29) is 17.5 Å². The molecule has 1 saturated heterocycles. The lowest BCUT2D eigenvalue weighted by molar-refractivity contribution is -0.137. The van der Waals surface area contributed by atoms with Gasteiger partial charge < -0.3 is 30.3 Å². The van der Waals surface area contributed by atoms with E-state index in [0.29, 0.717) is 49.5 Å². The van der Waals surface area contributed by atoms with Crippen LogP contribution in [0.15, 0.2) is 66.7 Å². The van der Waals surface area contributed by atoms with Gasteiger partial charge in [-0.25, -0.2) is 9.18 Å². The van der Waals surface area contributed by atoms with Crippen LogP contribution in [-0.2, 0) is 9.53 Å². The normalized spacial score (nSPS) is 14.0. The zero-order chi connectivity index (χ0) is 30.2. The van der Waals surface area contributed by atoms with Gasteiger partial charge in [-0.1, -0.05) is 35.9 Å². The Labute approximate surface area is 243 Å². The lowest BCUT2D eigenvalue weighted by Crippen LogP contribution is -2.35. The molecule has 3 amide bonds. The number of amides is 3. The number of hydrogen-bond donors (Lipinski definition) is 3. The highest BCUT2D eigenvalue weighted by Gasteiger charge is 2.24. The smallest absolute Gasteiger partial charge is 0.409 e. The maximum atomic E-state index is 13.8. The van der Waals surface area contributed by atoms with Crippen molar-refractivity contribution >= 4 is 35.3 Å². The predicted molar refractivity (Wildman–Crippen MR) is 155 cm³/mol. The molecule has 0 aromatic heterocycles. The summed E-state index contributed by atoms with van der Waals surface area (Å²) in [6.07, 6.45) is -0.101. The Morgan fingerprint density at radius 2 is 1.67 bits per heavy atom. The number of benzene rings is 3. The van der Waals surface area contributed by atoms with Crippen molar-refractivity contribution in [3.63, 3.8) is 0 Å². The summed E-state index contributed by atoms with van der Waals surface area (Å²) >= 11 is 0. The van der Waals surface area contributed by atoms with Crippen molar-refractivity contribution in [3.8, 4) is 0 Å². The second-order valence-corrected chi connectivity index (χ2v) is 10.0. The first kappa shape index (κ1) is 30.0. The molecule has 0 bridgehead atoms. The van der Waals surface area contributed by atoms with Gasteiger partial charge in [0.1, 0.15) is 5.82 Å². The number of carboxylic acids is 1. The van der Waals surface area contributed by atoms with Gasteiger partial charge in [0.15, 0.2) is 0 Å². The summed E-state index contributed by atoms with van der Waals surface area (Å²) in [5.41, 5.74) is 2.87. The molecular formula is C31H33FN4O6. The Hall–Kier alpha value is -4.93. The van der Waals surface area contributed by atoms with Crippen LogP contribution in [0.25, 0.3) is 0 Å². The Kier molecular flexibility index (Phi) is 9.74. The van der Waals surface area contributed by atoms with Crippen LogP contribution >= 0.6 is 0 Å². The van der Waals surface area contributed by atoms with Crippen molar-refractivity contribution in [1.82, 2.24) is 10.2 Å². The number of aliphatic carboxylic acids is 1. The van der Waals surface area contributed by atoms with Crippen LogP contribution < -0.4 is 15.5 Å². The fourth-order valence-corrected chi connectivity index (χ4v) is 4.81. The first-order valence-corrected chi connectivity index (χ1v) is 13.5. The van der Waals surface area contributed by atoms with Crippen LogP contribution in [0.3, 0.4) is 0 Å². The van der Waals surface area contributed by atoms with Gasteiger partial charge in [-0.05, 0) is 55.3 Å². The average Bonchev–Trinajstić information content (AvgIpc) is 3.23. The third-order valence-electron chi connectivity index (χ3n) is 7.03. The second kappa shape index (κ2) is 13.6. The molecule has 0 aliphatic carbocycles. The number of rotatable bonds is 8. The van der Waals surface area contributed by atoms with E-state index in [0.717, 1.165) is 11.6 Å². The summed E-state index contributed by atoms with van der Waals surface area (Å²) in [5, 5.41) is 15.1. The highest BCUT2D eigenvalue weighted by Crippen LogP contribution is 2.30. The summed E-state index contributed by atoms with van der Waals surface area (Å²) < 4.78 is 18.7. The molecule has 0 saturated carbocycles. The predicted octanol–water partition coefficient (Wildman–Crippen LogP) is 4.61. The number of carbonyl (C=O) groups excluding carboxylic acids is 3. The minimum atomic E-state index is -1.07. The summed E-state index contributed by atoms with van der Waals surface area (Å²) in [6.45, 7) is 3.80. The van der Waals surface area contributed by atoms with Crippen LogP contribution in [0.2, 0.25) is 0 Å². The monoisotopic (exact) mass is 576 g/mol. The van der Waals surface area contributed by atoms with Gasteiger partial charge >= 0.3 is 12.1 Å². The Balaban J connectivity index is 1.64. The van der Waals surface area contributed by atoms with E-state index in [4.69, 9.17) is 4.74 Å². The molecular weight excluding hydrogens is 543 g/mol. The summed E-state index contributed by atoms with van der Waals surface area (Å²) in [6, 6.07) is 16.5. The average molecular weight is 577 g/mol. The van der Waals surface area contributed by atoms with Gasteiger partial charge in [0.05, 0.1) is 30.9 Å². The van der Waals surface area contributed by atoms with Crippen molar-refractivity contribution in [3.05, 3.63) is 94.8 Å². The molecule has 1 atom stereocenters. The molecule has 3 aromatic carbocycles. The minimum Gasteiger partial charge on any atom is -0.481 e. The molecule has 1 aliphatic rings. The van der Waals surface area contributed by atoms with Crippen LogP contribution in [0.1, 0.15) is 50.7 Å². The molecule has 1 fully saturated rings. The van der Waals surface area contributed by atoms with Crippen molar-refractivity contribution in [2.75, 3.05) is 43.5 Å². The van der Waals surface area contributed by atoms with Crippen molar-refractivity contribution < 1.29 is 33.4 Å². The fraction of sp³-hybridized carbons (Fsp3) is 0.290. The molecule has 220 valence electrons. The van der Waals surface area contributed by atoms with Crippen LogP contribution in [0.5, 0.6) is 0 Å². The molecule has 4 rings (SSSR count). The number of methoxy groups -OCH3 is 1. The molecule has 0 radical (unpaired) electrons. The number of halogens is 1. The Morgan fingerprint density at radius 1 is 0.929 bits per heavy atom. The van der Waals surface area contributed by atoms with Gasteiger partial charge in [-0.2, -0.15) is 0 Å². The number of hydrogen-bond acceptors (Lipinski definition) is 6. The molecule has 42 heavy (non-hydrogen) atoms. The molecule has 11 heteroatoms. The number of ether oxygens (including phenoxy) is 1. The number of aryl methyl sites for hydroxylation is 1. The van der Waals surface area contributed by atoms with Gasteiger partial charge in [0.25, 0.3) is 11.8 Å². The zero-order valence-electron chi connectivity index (χ0n) is 23.4. The van der Waals surface area contributed by atoms with Crippen LogP contribution in [0, 0.1) is 12.7 Å². The molecule has 1 unspecified atom stereocenters. The SMILES string of the molecule is COC(=O)N1CCCN(c2ccc(C(=O)NC(CC(=O)O)c3ccc(C)cc3)cc2NC(=O)c2cccc(F)c2)CC1. The van der Waals surface area contributed by atoms with E-state index in [2.05, 4.69) is 10.6 Å². The van der Waals surface area contributed by atoms with E-state index < -0.39 is 35.7 Å². The molecule has 1 aliphatic heterocycles. The molecule has 3 aromatic rings. The summed E-state index contributed by atoms with van der Waals surface area (Å²) in [5.74, 6) is -2.72. The third kappa shape index (κ3) is 7.62. The quantitative estimate of drug-likeness (QED) is 0.357. The summed E-state index contributed by atoms with van der Waals surface area (Å²) in [7, 11) is 1.33. The van der Waals surface area contributed by atoms with Crippen molar-refractivity contribution in [2.45, 2.75) is 25.8 Å². The maximum Gasteiger partial charge on any atom is 0.409 e. The highest BCUT2D eigenvalue weighted by molar-refractivity contribution is 6.07. The standard InChI is InChI=1S/C31H33FN4O6/c1-20-7-9-21(10-8-20)25(19-28(37)38)33-30(40)23-11-12-27(35-13-4-14-36(16-15-35)31(41)42-2)26(18-23)34-29(39)22-5-3-6-24(32)17-22/h3,5-12,17-18,25H,4,13-16,19H2,1-2H3,(H,33,40)(H,34,39)(H,37,38).